The molecular formula is C22H25ClN4O4. The Balaban J connectivity index is 1.44. The van der Waals surface area contributed by atoms with Gasteiger partial charge in [0.15, 0.2) is 11.5 Å². The second kappa shape index (κ2) is 8.19. The van der Waals surface area contributed by atoms with Gasteiger partial charge >= 0.3 is 6.03 Å². The molecule has 1 spiro atoms. The molecule has 3 amide bonds. The van der Waals surface area contributed by atoms with Crippen molar-refractivity contribution in [3.05, 3.63) is 47.0 Å². The van der Waals surface area contributed by atoms with E-state index in [0.717, 1.165) is 5.69 Å². The predicted octanol–water partition coefficient (Wildman–Crippen LogP) is 3.56. The maximum Gasteiger partial charge on any atom is 0.321 e. The molecule has 9 heteroatoms. The quantitative estimate of drug-likeness (QED) is 0.756. The lowest BCUT2D eigenvalue weighted by molar-refractivity contribution is 0.0815. The molecule has 2 aromatic carbocycles. The number of benzene rings is 2. The van der Waals surface area contributed by atoms with E-state index >= 15 is 0 Å². The van der Waals surface area contributed by atoms with Crippen molar-refractivity contribution in [2.75, 3.05) is 44.6 Å². The van der Waals surface area contributed by atoms with Crippen LogP contribution < -0.4 is 25.0 Å². The van der Waals surface area contributed by atoms with E-state index in [1.54, 1.807) is 49.5 Å². The number of carbonyl (C=O) groups is 2. The third-order valence-electron chi connectivity index (χ3n) is 6.07. The number of carbonyl (C=O) groups excluding carboxylic acids is 2. The van der Waals surface area contributed by atoms with Gasteiger partial charge in [-0.05, 0) is 30.3 Å². The van der Waals surface area contributed by atoms with Crippen LogP contribution in [0.3, 0.4) is 0 Å². The maximum absolute atomic E-state index is 12.8. The number of nitrogens with one attached hydrogen (secondary N) is 2. The van der Waals surface area contributed by atoms with E-state index in [1.807, 2.05) is 13.1 Å². The molecule has 0 radical (unpaired) electrons. The Hall–Kier alpha value is -3.13. The highest BCUT2D eigenvalue weighted by Crippen LogP contribution is 2.37. The number of nitrogens with zero attached hydrogens (tertiary/aromatic N) is 2. The first-order valence-electron chi connectivity index (χ1n) is 10.0. The van der Waals surface area contributed by atoms with Crippen LogP contribution in [0.1, 0.15) is 23.2 Å². The van der Waals surface area contributed by atoms with Gasteiger partial charge in [0.25, 0.3) is 5.91 Å². The minimum atomic E-state index is -0.530. The number of likely N-dealkylation sites (tertiary alicyclic amines) is 1. The Morgan fingerprint density at radius 2 is 1.81 bits per heavy atom. The van der Waals surface area contributed by atoms with Crippen LogP contribution in [0.4, 0.5) is 16.2 Å². The average Bonchev–Trinajstić information content (AvgIpc) is 2.78. The Bertz CT molecular complexity index is 1020. The fourth-order valence-corrected chi connectivity index (χ4v) is 4.40. The van der Waals surface area contributed by atoms with Crippen molar-refractivity contribution in [3.63, 3.8) is 0 Å². The molecule has 2 N–H and O–H groups in total. The lowest BCUT2D eigenvalue weighted by Crippen LogP contribution is -2.67. The van der Waals surface area contributed by atoms with E-state index in [0.29, 0.717) is 53.7 Å². The van der Waals surface area contributed by atoms with E-state index in [1.165, 1.54) is 0 Å². The summed E-state index contributed by atoms with van der Waals surface area (Å²) in [6.45, 7) is 1.01. The largest absolute Gasteiger partial charge is 0.493 e. The van der Waals surface area contributed by atoms with E-state index < -0.39 is 5.66 Å². The number of piperidine rings is 1. The minimum Gasteiger partial charge on any atom is -0.493 e. The summed E-state index contributed by atoms with van der Waals surface area (Å²) in [6, 6.07) is 10.4. The molecule has 0 atom stereocenters. The summed E-state index contributed by atoms with van der Waals surface area (Å²) in [5.41, 5.74) is 1.50. The summed E-state index contributed by atoms with van der Waals surface area (Å²) < 4.78 is 10.5. The summed E-state index contributed by atoms with van der Waals surface area (Å²) in [5.74, 6) is 1.00. The third kappa shape index (κ3) is 3.83. The maximum atomic E-state index is 12.8. The highest BCUT2D eigenvalue weighted by molar-refractivity contribution is 6.31. The van der Waals surface area contributed by atoms with Crippen LogP contribution in [0.2, 0.25) is 5.02 Å². The van der Waals surface area contributed by atoms with E-state index in [4.69, 9.17) is 21.1 Å². The number of anilines is 2. The zero-order chi connectivity index (χ0) is 22.2. The van der Waals surface area contributed by atoms with Gasteiger partial charge < -0.3 is 29.9 Å². The van der Waals surface area contributed by atoms with Crippen LogP contribution in [-0.4, -0.2) is 56.9 Å². The van der Waals surface area contributed by atoms with Crippen molar-refractivity contribution in [1.29, 1.82) is 0 Å². The first-order valence-corrected chi connectivity index (χ1v) is 10.4. The highest BCUT2D eigenvalue weighted by Gasteiger charge is 2.44. The van der Waals surface area contributed by atoms with Crippen LogP contribution in [0.25, 0.3) is 0 Å². The van der Waals surface area contributed by atoms with E-state index in [2.05, 4.69) is 15.5 Å². The summed E-state index contributed by atoms with van der Waals surface area (Å²) in [5, 5.41) is 6.58. The van der Waals surface area contributed by atoms with Gasteiger partial charge in [-0.25, -0.2) is 4.79 Å². The van der Waals surface area contributed by atoms with Crippen molar-refractivity contribution in [2.45, 2.75) is 18.5 Å². The molecule has 2 aliphatic heterocycles. The molecule has 2 aliphatic rings. The number of fused-ring (bicyclic) bond motifs is 1. The van der Waals surface area contributed by atoms with Gasteiger partial charge in [0, 0.05) is 49.8 Å². The smallest absolute Gasteiger partial charge is 0.321 e. The number of urea groups is 1. The van der Waals surface area contributed by atoms with Crippen molar-refractivity contribution in [3.8, 4) is 11.5 Å². The predicted molar refractivity (Wildman–Crippen MR) is 119 cm³/mol. The topological polar surface area (TPSA) is 83.1 Å². The van der Waals surface area contributed by atoms with Crippen LogP contribution in [0.5, 0.6) is 11.5 Å². The summed E-state index contributed by atoms with van der Waals surface area (Å²) >= 11 is 6.06. The highest BCUT2D eigenvalue weighted by atomic mass is 35.5. The Kier molecular flexibility index (Phi) is 5.58. The molecule has 2 aromatic rings. The standard InChI is InChI=1S/C22H25ClN4O4/c1-26-17-6-4-14(23)12-16(17)20(28)25-22(26)8-10-27(11-9-22)21(29)24-15-5-7-18(30-2)19(13-15)31-3/h4-7,12-13H,8-11H2,1-3H3,(H,24,29)(H,25,28). The van der Waals surface area contributed by atoms with Gasteiger partial charge in [0.05, 0.1) is 25.5 Å². The third-order valence-corrected chi connectivity index (χ3v) is 6.30. The molecular weight excluding hydrogens is 420 g/mol. The zero-order valence-corrected chi connectivity index (χ0v) is 18.5. The van der Waals surface area contributed by atoms with Gasteiger partial charge in [-0.15, -0.1) is 0 Å². The van der Waals surface area contributed by atoms with Crippen LogP contribution >= 0.6 is 11.6 Å². The molecule has 164 valence electrons. The molecule has 8 nitrogen and oxygen atoms in total. The van der Waals surface area contributed by atoms with Gasteiger partial charge in [-0.3, -0.25) is 4.79 Å². The van der Waals surface area contributed by atoms with Crippen LogP contribution in [0.15, 0.2) is 36.4 Å². The lowest BCUT2D eigenvalue weighted by atomic mass is 9.90. The number of rotatable bonds is 3. The second-order valence-electron chi connectivity index (χ2n) is 7.69. The molecule has 31 heavy (non-hydrogen) atoms. The summed E-state index contributed by atoms with van der Waals surface area (Å²) in [4.78, 5) is 29.4. The summed E-state index contributed by atoms with van der Waals surface area (Å²) in [7, 11) is 5.08. The molecule has 1 saturated heterocycles. The van der Waals surface area contributed by atoms with Crippen LogP contribution in [-0.2, 0) is 0 Å². The van der Waals surface area contributed by atoms with Crippen molar-refractivity contribution >= 4 is 34.9 Å². The first kappa shape index (κ1) is 21.1. The number of hydrogen-bond acceptors (Lipinski definition) is 5. The minimum absolute atomic E-state index is 0.140. The molecule has 2 heterocycles. The van der Waals surface area contributed by atoms with Crippen molar-refractivity contribution < 1.29 is 19.1 Å². The number of halogens is 1. The Labute approximate surface area is 186 Å². The Morgan fingerprint density at radius 3 is 2.48 bits per heavy atom. The fraction of sp³-hybridized carbons (Fsp3) is 0.364. The average molecular weight is 445 g/mol. The molecule has 0 saturated carbocycles. The summed E-state index contributed by atoms with van der Waals surface area (Å²) in [6.07, 6.45) is 1.22. The molecule has 0 unspecified atom stereocenters. The van der Waals surface area contributed by atoms with E-state index in [9.17, 15) is 9.59 Å². The molecule has 0 aliphatic carbocycles. The lowest BCUT2D eigenvalue weighted by Gasteiger charge is -2.51. The van der Waals surface area contributed by atoms with Gasteiger partial charge in [-0.1, -0.05) is 11.6 Å². The van der Waals surface area contributed by atoms with Crippen LogP contribution in [0, 0.1) is 0 Å². The molecule has 0 bridgehead atoms. The first-order chi connectivity index (χ1) is 14.9. The van der Waals surface area contributed by atoms with Crippen molar-refractivity contribution in [1.82, 2.24) is 10.2 Å². The normalized spacial score (nSPS) is 17.1. The number of ether oxygens (including phenoxy) is 2. The molecule has 4 rings (SSSR count). The second-order valence-corrected chi connectivity index (χ2v) is 8.13. The van der Waals surface area contributed by atoms with Gasteiger partial charge in [0.1, 0.15) is 5.66 Å². The number of methoxy groups -OCH3 is 2. The van der Waals surface area contributed by atoms with Gasteiger partial charge in [-0.2, -0.15) is 0 Å². The monoisotopic (exact) mass is 444 g/mol. The zero-order valence-electron chi connectivity index (χ0n) is 17.7. The Morgan fingerprint density at radius 1 is 1.10 bits per heavy atom. The number of amides is 3. The SMILES string of the molecule is COc1ccc(NC(=O)N2CCC3(CC2)NC(=O)c2cc(Cl)ccc2N3C)cc1OC. The fourth-order valence-electron chi connectivity index (χ4n) is 4.23. The molecule has 0 aromatic heterocycles. The van der Waals surface area contributed by atoms with Gasteiger partial charge in [0.2, 0.25) is 0 Å². The number of hydrogen-bond donors (Lipinski definition) is 2. The van der Waals surface area contributed by atoms with E-state index in [-0.39, 0.29) is 11.9 Å². The molecule has 1 fully saturated rings. The van der Waals surface area contributed by atoms with Crippen molar-refractivity contribution in [2.24, 2.45) is 0 Å².